The fraction of sp³-hybridized carbons (Fsp3) is 0.923. The fourth-order valence-electron chi connectivity index (χ4n) is 3.79. The molecule has 0 spiro atoms. The molecule has 0 saturated carbocycles. The third-order valence-electron chi connectivity index (χ3n) is 7.01. The van der Waals surface area contributed by atoms with Crippen LogP contribution in [0.25, 0.3) is 0 Å². The van der Waals surface area contributed by atoms with E-state index in [2.05, 4.69) is 12.2 Å². The molecule has 5 nitrogen and oxygen atoms in total. The highest BCUT2D eigenvalue weighted by atomic mass is 16.4. The maximum Gasteiger partial charge on any atom is 0.365 e. The van der Waals surface area contributed by atoms with E-state index in [4.69, 9.17) is 0 Å². The number of likely N-dealkylation sites (N-methyl/N-ethyl adjacent to an activating group) is 1. The van der Waals surface area contributed by atoms with Crippen molar-refractivity contribution >= 4 is 11.9 Å². The number of hydrogen-bond acceptors (Lipinski definition) is 2. The number of unbranched alkanes of at least 4 members (excludes halogenated alkanes) is 13. The molecule has 0 atom stereocenters. The predicted molar refractivity (Wildman–Crippen MR) is 131 cm³/mol. The van der Waals surface area contributed by atoms with E-state index in [0.29, 0.717) is 17.4 Å². The number of hydrogen-bond donors (Lipinski definition) is 2. The first kappa shape index (κ1) is 29.9. The van der Waals surface area contributed by atoms with E-state index in [9.17, 15) is 14.7 Å². The zero-order valence-electron chi connectivity index (χ0n) is 21.4. The second-order valence-corrected chi connectivity index (χ2v) is 10.3. The minimum atomic E-state index is -0.808. The lowest BCUT2D eigenvalue weighted by Gasteiger charge is -2.41. The molecule has 0 rings (SSSR count). The predicted octanol–water partition coefficient (Wildman–Crippen LogP) is 6.30. The van der Waals surface area contributed by atoms with Gasteiger partial charge in [-0.2, -0.15) is 0 Å². The average Bonchev–Trinajstić information content (AvgIpc) is 2.70. The fourth-order valence-corrected chi connectivity index (χ4v) is 3.79. The number of aliphatic carboxylic acids is 1. The molecule has 0 aliphatic rings. The number of amides is 1. The Kier molecular flexibility index (Phi) is 16.8. The molecule has 0 radical (unpaired) electrons. The van der Waals surface area contributed by atoms with Crippen molar-refractivity contribution in [2.24, 2.45) is 0 Å². The van der Waals surface area contributed by atoms with Gasteiger partial charge in [0.25, 0.3) is 0 Å². The maximum atomic E-state index is 12.0. The second-order valence-electron chi connectivity index (χ2n) is 10.3. The van der Waals surface area contributed by atoms with Crippen molar-refractivity contribution in [2.75, 3.05) is 27.2 Å². The van der Waals surface area contributed by atoms with E-state index in [0.717, 1.165) is 32.2 Å². The van der Waals surface area contributed by atoms with Crippen molar-refractivity contribution in [1.29, 1.82) is 0 Å². The zero-order valence-corrected chi connectivity index (χ0v) is 21.4. The van der Waals surface area contributed by atoms with Crippen molar-refractivity contribution in [3.05, 3.63) is 0 Å². The van der Waals surface area contributed by atoms with Crippen LogP contribution < -0.4 is 5.32 Å². The van der Waals surface area contributed by atoms with Crippen molar-refractivity contribution in [3.63, 3.8) is 0 Å². The maximum absolute atomic E-state index is 12.0. The summed E-state index contributed by atoms with van der Waals surface area (Å²) in [6.07, 6.45) is 19.6. The van der Waals surface area contributed by atoms with Gasteiger partial charge in [-0.3, -0.25) is 4.79 Å². The van der Waals surface area contributed by atoms with E-state index in [1.54, 1.807) is 13.8 Å². The normalized spacial score (nSPS) is 12.2. The molecule has 0 aromatic rings. The van der Waals surface area contributed by atoms with E-state index < -0.39 is 11.5 Å². The monoisotopic (exact) mass is 441 g/mol. The molecular weight excluding hydrogens is 388 g/mol. The molecule has 0 aromatic heterocycles. The van der Waals surface area contributed by atoms with Gasteiger partial charge in [0.15, 0.2) is 5.54 Å². The summed E-state index contributed by atoms with van der Waals surface area (Å²) in [6, 6.07) is 0. The molecular formula is C26H53N2O3+. The number of rotatable bonds is 21. The molecule has 2 N–H and O–H groups in total. The Labute approximate surface area is 192 Å². The van der Waals surface area contributed by atoms with Gasteiger partial charge >= 0.3 is 5.97 Å². The van der Waals surface area contributed by atoms with Gasteiger partial charge in [0.05, 0.1) is 20.6 Å². The summed E-state index contributed by atoms with van der Waals surface area (Å²) < 4.78 is 0.440. The smallest absolute Gasteiger partial charge is 0.365 e. The molecule has 0 saturated heterocycles. The Bertz CT molecular complexity index is 475. The quantitative estimate of drug-likeness (QED) is 0.162. The lowest BCUT2D eigenvalue weighted by Crippen LogP contribution is -2.60. The largest absolute Gasteiger partial charge is 0.477 e. The Morgan fingerprint density at radius 3 is 1.65 bits per heavy atom. The number of carboxylic acids is 1. The third kappa shape index (κ3) is 14.6. The summed E-state index contributed by atoms with van der Waals surface area (Å²) >= 11 is 0. The third-order valence-corrected chi connectivity index (χ3v) is 7.01. The van der Waals surface area contributed by atoms with Crippen molar-refractivity contribution in [1.82, 2.24) is 5.32 Å². The first-order chi connectivity index (χ1) is 14.6. The minimum absolute atomic E-state index is 0.155. The van der Waals surface area contributed by atoms with E-state index in [-0.39, 0.29) is 5.91 Å². The van der Waals surface area contributed by atoms with E-state index in [1.807, 2.05) is 14.1 Å². The van der Waals surface area contributed by atoms with Gasteiger partial charge in [-0.1, -0.05) is 84.0 Å². The molecule has 184 valence electrons. The standard InChI is InChI=1S/C26H52N2O3/c1-6-7-8-9-10-11-12-13-14-15-16-17-18-21-24(29)27-22-19-20-23-28(4,5)26(2,3)25(30)31/h6-23H2,1-5H3,(H-,27,29,30,31)/p+1. The number of quaternary nitrogens is 1. The number of carbonyl (C=O) groups is 2. The van der Waals surface area contributed by atoms with Gasteiger partial charge in [0, 0.05) is 26.8 Å². The number of carboxylic acid groups (broad SMARTS) is 1. The van der Waals surface area contributed by atoms with Crippen LogP contribution in [0.15, 0.2) is 0 Å². The molecule has 1 amide bonds. The van der Waals surface area contributed by atoms with Gasteiger partial charge in [-0.25, -0.2) is 4.79 Å². The molecule has 0 unspecified atom stereocenters. The van der Waals surface area contributed by atoms with Gasteiger partial charge in [0.2, 0.25) is 5.91 Å². The van der Waals surface area contributed by atoms with E-state index in [1.165, 1.54) is 70.6 Å². The number of carbonyl (C=O) groups excluding carboxylic acids is 1. The highest BCUT2D eigenvalue weighted by Crippen LogP contribution is 2.21. The summed E-state index contributed by atoms with van der Waals surface area (Å²) in [5.41, 5.74) is -0.808. The average molecular weight is 442 g/mol. The van der Waals surface area contributed by atoms with Crippen LogP contribution >= 0.6 is 0 Å². The highest BCUT2D eigenvalue weighted by Gasteiger charge is 2.43. The number of nitrogens with one attached hydrogen (secondary N) is 1. The zero-order chi connectivity index (χ0) is 23.6. The van der Waals surface area contributed by atoms with Crippen LogP contribution in [0, 0.1) is 0 Å². The summed E-state index contributed by atoms with van der Waals surface area (Å²) in [7, 11) is 3.92. The summed E-state index contributed by atoms with van der Waals surface area (Å²) in [6.45, 7) is 7.28. The first-order valence-corrected chi connectivity index (χ1v) is 13.0. The molecule has 31 heavy (non-hydrogen) atoms. The van der Waals surface area contributed by atoms with Gasteiger partial charge < -0.3 is 14.9 Å². The summed E-state index contributed by atoms with van der Waals surface area (Å²) in [4.78, 5) is 23.4. The Hall–Kier alpha value is -1.10. The Morgan fingerprint density at radius 2 is 1.19 bits per heavy atom. The molecule has 5 heteroatoms. The first-order valence-electron chi connectivity index (χ1n) is 13.0. The van der Waals surface area contributed by atoms with Gasteiger partial charge in [-0.15, -0.1) is 0 Å². The van der Waals surface area contributed by atoms with Crippen LogP contribution in [0.1, 0.15) is 124 Å². The van der Waals surface area contributed by atoms with Crippen LogP contribution in [-0.4, -0.2) is 54.2 Å². The van der Waals surface area contributed by atoms with Crippen LogP contribution in [0.2, 0.25) is 0 Å². The SMILES string of the molecule is CCCCCCCCCCCCCCCC(=O)NCCCC[N+](C)(C)C(C)(C)C(=O)O. The molecule has 0 aliphatic carbocycles. The Balaban J connectivity index is 3.51. The molecule has 0 aromatic carbocycles. The second kappa shape index (κ2) is 17.5. The number of nitrogens with zero attached hydrogens (tertiary/aromatic N) is 1. The molecule has 0 fully saturated rings. The topological polar surface area (TPSA) is 66.4 Å². The minimum Gasteiger partial charge on any atom is -0.477 e. The van der Waals surface area contributed by atoms with Crippen LogP contribution in [-0.2, 0) is 9.59 Å². The lowest BCUT2D eigenvalue weighted by molar-refractivity contribution is -0.928. The summed E-state index contributed by atoms with van der Waals surface area (Å²) in [5, 5.41) is 12.4. The lowest BCUT2D eigenvalue weighted by atomic mass is 10.00. The van der Waals surface area contributed by atoms with Crippen molar-refractivity contribution in [2.45, 2.75) is 129 Å². The van der Waals surface area contributed by atoms with Crippen molar-refractivity contribution < 1.29 is 19.2 Å². The molecule has 0 bridgehead atoms. The van der Waals surface area contributed by atoms with Crippen LogP contribution in [0.5, 0.6) is 0 Å². The molecule has 0 heterocycles. The van der Waals surface area contributed by atoms with Gasteiger partial charge in [-0.05, 0) is 19.3 Å². The summed E-state index contributed by atoms with van der Waals surface area (Å²) in [5.74, 6) is -0.619. The van der Waals surface area contributed by atoms with Crippen LogP contribution in [0.4, 0.5) is 0 Å². The Morgan fingerprint density at radius 1 is 0.742 bits per heavy atom. The van der Waals surface area contributed by atoms with Crippen LogP contribution in [0.3, 0.4) is 0 Å². The van der Waals surface area contributed by atoms with Crippen molar-refractivity contribution in [3.8, 4) is 0 Å². The molecule has 0 aliphatic heterocycles. The van der Waals surface area contributed by atoms with Gasteiger partial charge in [0.1, 0.15) is 0 Å². The highest BCUT2D eigenvalue weighted by molar-refractivity contribution is 5.76. The van der Waals surface area contributed by atoms with E-state index >= 15 is 0 Å².